The molecule has 3 rings (SSSR count). The number of aliphatic imine (C=N–C) groups is 1. The van der Waals surface area contributed by atoms with Gasteiger partial charge in [-0.25, -0.2) is 8.42 Å². The molecule has 0 unspecified atom stereocenters. The van der Waals surface area contributed by atoms with Crippen molar-refractivity contribution in [3.63, 3.8) is 0 Å². The zero-order chi connectivity index (χ0) is 20.1. The summed E-state index contributed by atoms with van der Waals surface area (Å²) in [6.07, 6.45) is 1.46. The summed E-state index contributed by atoms with van der Waals surface area (Å²) >= 11 is 0. The number of aryl methyl sites for hydroxylation is 1. The second kappa shape index (κ2) is 8.43. The highest BCUT2D eigenvalue weighted by molar-refractivity contribution is 7.90. The van der Waals surface area contributed by atoms with Crippen molar-refractivity contribution in [3.05, 3.63) is 53.6 Å². The number of hydrogen-bond donors (Lipinski definition) is 2. The largest absolute Gasteiger partial charge is 0.483 e. The molecule has 0 saturated carbocycles. The highest BCUT2D eigenvalue weighted by atomic mass is 32.2. The number of benzene rings is 2. The number of nitrogens with one attached hydrogen (secondary N) is 2. The number of sulfonamides is 1. The first-order valence-corrected chi connectivity index (χ1v) is 10.5. The van der Waals surface area contributed by atoms with Gasteiger partial charge in [-0.2, -0.15) is 0 Å². The minimum atomic E-state index is -3.73. The van der Waals surface area contributed by atoms with Crippen molar-refractivity contribution in [1.29, 1.82) is 0 Å². The Labute approximate surface area is 164 Å². The average molecular weight is 401 g/mol. The molecule has 148 valence electrons. The maximum atomic E-state index is 12.5. The molecule has 0 bridgehead atoms. The van der Waals surface area contributed by atoms with Gasteiger partial charge < -0.3 is 10.1 Å². The quantitative estimate of drug-likeness (QED) is 0.778. The van der Waals surface area contributed by atoms with Gasteiger partial charge in [0.15, 0.2) is 6.61 Å². The molecule has 1 heterocycles. The maximum Gasteiger partial charge on any atom is 0.262 e. The van der Waals surface area contributed by atoms with Gasteiger partial charge >= 0.3 is 0 Å². The van der Waals surface area contributed by atoms with Gasteiger partial charge in [0.1, 0.15) is 11.6 Å². The van der Waals surface area contributed by atoms with Gasteiger partial charge in [0.2, 0.25) is 0 Å². The summed E-state index contributed by atoms with van der Waals surface area (Å²) in [5.41, 5.74) is 2.44. The molecule has 2 aromatic carbocycles. The molecule has 0 saturated heterocycles. The van der Waals surface area contributed by atoms with Crippen LogP contribution in [-0.4, -0.2) is 33.3 Å². The summed E-state index contributed by atoms with van der Waals surface area (Å²) < 4.78 is 33.0. The van der Waals surface area contributed by atoms with E-state index in [1.54, 1.807) is 18.2 Å². The number of amidine groups is 1. The normalized spacial score (nSPS) is 13.7. The Kier molecular flexibility index (Phi) is 5.99. The molecular weight excluding hydrogens is 378 g/mol. The number of rotatable bonds is 6. The number of carbonyl (C=O) groups is 1. The third-order valence-corrected chi connectivity index (χ3v) is 5.85. The summed E-state index contributed by atoms with van der Waals surface area (Å²) in [5, 5.41) is 2.67. The summed E-state index contributed by atoms with van der Waals surface area (Å²) in [4.78, 5) is 16.4. The molecule has 7 nitrogen and oxygen atoms in total. The van der Waals surface area contributed by atoms with E-state index in [1.165, 1.54) is 12.1 Å². The van der Waals surface area contributed by atoms with Gasteiger partial charge in [-0.15, -0.1) is 0 Å². The molecule has 0 atom stereocenters. The zero-order valence-electron chi connectivity index (χ0n) is 15.9. The molecule has 8 heteroatoms. The lowest BCUT2D eigenvalue weighted by Crippen LogP contribution is -2.29. The second-order valence-corrected chi connectivity index (χ2v) is 8.28. The number of amides is 1. The highest BCUT2D eigenvalue weighted by Crippen LogP contribution is 2.21. The van der Waals surface area contributed by atoms with Crippen molar-refractivity contribution >= 4 is 27.5 Å². The monoisotopic (exact) mass is 401 g/mol. The van der Waals surface area contributed by atoms with E-state index in [2.05, 4.69) is 15.0 Å². The predicted octanol–water partition coefficient (Wildman–Crippen LogP) is 2.79. The van der Waals surface area contributed by atoms with Gasteiger partial charge in [0, 0.05) is 18.7 Å². The molecular formula is C20H23N3O4S. The van der Waals surface area contributed by atoms with Crippen LogP contribution >= 0.6 is 0 Å². The Balaban J connectivity index is 1.63. The number of anilines is 1. The van der Waals surface area contributed by atoms with Gasteiger partial charge in [-0.1, -0.05) is 18.2 Å². The standard InChI is InChI=1S/C20H23N3O4S/c1-14-6-3-9-18(15(14)2)27-13-20(24)22-16-7-4-8-17(12-16)28(25,26)23-19-10-5-11-21-19/h3-4,6-9,12H,5,10-11,13H2,1-2H3,(H,21,23)(H,22,24). The van der Waals surface area contributed by atoms with Crippen LogP contribution in [0.1, 0.15) is 24.0 Å². The van der Waals surface area contributed by atoms with Crippen LogP contribution in [0.25, 0.3) is 0 Å². The van der Waals surface area contributed by atoms with Crippen molar-refractivity contribution < 1.29 is 17.9 Å². The number of hydrogen-bond acceptors (Lipinski definition) is 5. The fourth-order valence-electron chi connectivity index (χ4n) is 2.80. The van der Waals surface area contributed by atoms with Crippen LogP contribution in [-0.2, 0) is 14.8 Å². The minimum absolute atomic E-state index is 0.0651. The van der Waals surface area contributed by atoms with Gasteiger partial charge in [-0.3, -0.25) is 14.5 Å². The topological polar surface area (TPSA) is 96.9 Å². The first kappa shape index (κ1) is 19.9. The predicted molar refractivity (Wildman–Crippen MR) is 108 cm³/mol. The van der Waals surface area contributed by atoms with Crippen molar-refractivity contribution in [2.24, 2.45) is 4.99 Å². The second-order valence-electron chi connectivity index (χ2n) is 6.60. The van der Waals surface area contributed by atoms with Crippen molar-refractivity contribution in [1.82, 2.24) is 4.72 Å². The lowest BCUT2D eigenvalue weighted by molar-refractivity contribution is -0.118. The molecule has 0 radical (unpaired) electrons. The van der Waals surface area contributed by atoms with Crippen LogP contribution in [0.2, 0.25) is 0 Å². The summed E-state index contributed by atoms with van der Waals surface area (Å²) in [6, 6.07) is 11.7. The van der Waals surface area contributed by atoms with E-state index >= 15 is 0 Å². The lowest BCUT2D eigenvalue weighted by Gasteiger charge is -2.12. The average Bonchev–Trinajstić information content (AvgIpc) is 3.15. The van der Waals surface area contributed by atoms with Gasteiger partial charge in [0.05, 0.1) is 4.90 Å². The molecule has 1 amide bonds. The van der Waals surface area contributed by atoms with E-state index in [9.17, 15) is 13.2 Å². The van der Waals surface area contributed by atoms with E-state index in [4.69, 9.17) is 4.74 Å². The van der Waals surface area contributed by atoms with Crippen molar-refractivity contribution in [2.75, 3.05) is 18.5 Å². The highest BCUT2D eigenvalue weighted by Gasteiger charge is 2.18. The number of nitrogens with zero attached hydrogens (tertiary/aromatic N) is 1. The molecule has 1 aliphatic rings. The van der Waals surface area contributed by atoms with Crippen LogP contribution in [0, 0.1) is 13.8 Å². The number of ether oxygens (including phenoxy) is 1. The van der Waals surface area contributed by atoms with Crippen LogP contribution < -0.4 is 14.8 Å². The smallest absolute Gasteiger partial charge is 0.262 e. The molecule has 0 aromatic heterocycles. The summed E-state index contributed by atoms with van der Waals surface area (Å²) in [5.74, 6) is 0.743. The van der Waals surface area contributed by atoms with Crippen LogP contribution in [0.3, 0.4) is 0 Å². The van der Waals surface area contributed by atoms with Crippen LogP contribution in [0.15, 0.2) is 52.4 Å². The Hall–Kier alpha value is -2.87. The Morgan fingerprint density at radius 3 is 2.71 bits per heavy atom. The maximum absolute atomic E-state index is 12.5. The Morgan fingerprint density at radius 1 is 1.18 bits per heavy atom. The zero-order valence-corrected chi connectivity index (χ0v) is 16.7. The van der Waals surface area contributed by atoms with Gasteiger partial charge in [-0.05, 0) is 55.7 Å². The molecule has 0 aliphatic carbocycles. The molecule has 0 spiro atoms. The fourth-order valence-corrected chi connectivity index (χ4v) is 3.93. The number of carbonyl (C=O) groups excluding carboxylic acids is 1. The molecule has 28 heavy (non-hydrogen) atoms. The lowest BCUT2D eigenvalue weighted by atomic mass is 10.1. The summed E-state index contributed by atoms with van der Waals surface area (Å²) in [7, 11) is -3.73. The molecule has 2 N–H and O–H groups in total. The SMILES string of the molecule is Cc1cccc(OCC(=O)Nc2cccc(S(=O)(=O)NC3=NCCC3)c2)c1C. The third kappa shape index (κ3) is 4.89. The van der Waals surface area contributed by atoms with Crippen molar-refractivity contribution in [3.8, 4) is 5.75 Å². The third-order valence-electron chi connectivity index (χ3n) is 4.47. The molecule has 1 aliphatic heterocycles. The fraction of sp³-hybridized carbons (Fsp3) is 0.300. The van der Waals surface area contributed by atoms with Gasteiger partial charge in [0.25, 0.3) is 15.9 Å². The molecule has 0 fully saturated rings. The Bertz CT molecular complexity index is 1020. The molecule has 2 aromatic rings. The first-order chi connectivity index (χ1) is 13.3. The van der Waals surface area contributed by atoms with E-state index < -0.39 is 10.0 Å². The summed E-state index contributed by atoms with van der Waals surface area (Å²) in [6.45, 7) is 4.36. The minimum Gasteiger partial charge on any atom is -0.483 e. The van der Waals surface area contributed by atoms with Crippen LogP contribution in [0.4, 0.5) is 5.69 Å². The van der Waals surface area contributed by atoms with E-state index in [0.717, 1.165) is 17.5 Å². The van der Waals surface area contributed by atoms with E-state index in [-0.39, 0.29) is 17.4 Å². The van der Waals surface area contributed by atoms with Crippen molar-refractivity contribution in [2.45, 2.75) is 31.6 Å². The van der Waals surface area contributed by atoms with Crippen LogP contribution in [0.5, 0.6) is 5.75 Å². The van der Waals surface area contributed by atoms with E-state index in [1.807, 2.05) is 26.0 Å². The Morgan fingerprint density at radius 2 is 1.96 bits per heavy atom. The van der Waals surface area contributed by atoms with E-state index in [0.29, 0.717) is 30.2 Å². The first-order valence-electron chi connectivity index (χ1n) is 9.00.